The van der Waals surface area contributed by atoms with Crippen molar-refractivity contribution in [2.75, 3.05) is 27.1 Å². The highest BCUT2D eigenvalue weighted by Gasteiger charge is 2.18. The largest absolute Gasteiger partial charge is 0.300 e. The van der Waals surface area contributed by atoms with Gasteiger partial charge in [-0.15, -0.1) is 0 Å². The maximum absolute atomic E-state index is 4.98. The first kappa shape index (κ1) is 8.63. The molecule has 1 aliphatic heterocycles. The van der Waals surface area contributed by atoms with Crippen molar-refractivity contribution >= 4 is 25.6 Å². The van der Waals surface area contributed by atoms with Gasteiger partial charge in [0, 0.05) is 0 Å². The van der Waals surface area contributed by atoms with Crippen LogP contribution in [0.2, 0.25) is 0 Å². The van der Waals surface area contributed by atoms with Gasteiger partial charge in [-0.25, -0.2) is 8.61 Å². The van der Waals surface area contributed by atoms with Gasteiger partial charge in [-0.05, 0) is 0 Å². The van der Waals surface area contributed by atoms with E-state index in [4.69, 9.17) is 4.84 Å². The van der Waals surface area contributed by atoms with Gasteiger partial charge in [0.25, 0.3) is 0 Å². The van der Waals surface area contributed by atoms with E-state index in [-0.39, 0.29) is 0 Å². The first-order valence-corrected chi connectivity index (χ1v) is 3.69. The molecule has 60 valence electrons. The Morgan fingerprint density at radius 1 is 1.10 bits per heavy atom. The summed E-state index contributed by atoms with van der Waals surface area (Å²) in [7, 11) is 1.63. The van der Waals surface area contributed by atoms with Crippen molar-refractivity contribution in [3.63, 3.8) is 0 Å². The normalized spacial score (nSPS) is 25.5. The fourth-order valence-corrected chi connectivity index (χ4v) is 1.49. The second kappa shape index (κ2) is 3.80. The molecule has 0 radical (unpaired) electrons. The zero-order valence-electron chi connectivity index (χ0n) is 5.77. The average molecular weight is 181 g/mol. The predicted octanol–water partition coefficient (Wildman–Crippen LogP) is 0.0295. The number of rotatable bonds is 1. The lowest BCUT2D eigenvalue weighted by Crippen LogP contribution is -2.47. The number of nitrogens with zero attached hydrogens (tertiary/aromatic N) is 3. The third-order valence-electron chi connectivity index (χ3n) is 1.23. The molecule has 1 fully saturated rings. The summed E-state index contributed by atoms with van der Waals surface area (Å²) in [6.45, 7) is 2.15. The molecular weight excluding hydrogens is 170 g/mol. The molecule has 1 saturated heterocycles. The number of hydrogen-bond acceptors (Lipinski definition) is 6. The van der Waals surface area contributed by atoms with E-state index in [1.807, 2.05) is 0 Å². The number of hydroxylamine groups is 2. The molecule has 1 heterocycles. The smallest absolute Gasteiger partial charge is 0.0879 e. The lowest BCUT2D eigenvalue weighted by molar-refractivity contribution is -0.183. The average Bonchev–Trinajstić information content (AvgIpc) is 1.85. The van der Waals surface area contributed by atoms with Crippen molar-refractivity contribution in [3.05, 3.63) is 0 Å². The molecule has 0 spiro atoms. The third-order valence-corrected chi connectivity index (χ3v) is 1.73. The monoisotopic (exact) mass is 181 g/mol. The Morgan fingerprint density at radius 2 is 1.60 bits per heavy atom. The summed E-state index contributed by atoms with van der Waals surface area (Å²) >= 11 is 8.31. The molecular formula is C4H11N3OS2. The summed E-state index contributed by atoms with van der Waals surface area (Å²) in [4.78, 5) is 4.98. The maximum Gasteiger partial charge on any atom is 0.0879 e. The highest BCUT2D eigenvalue weighted by Crippen LogP contribution is 2.09. The van der Waals surface area contributed by atoms with Crippen LogP contribution in [0.15, 0.2) is 0 Å². The molecule has 0 bridgehead atoms. The topological polar surface area (TPSA) is 19.0 Å². The minimum atomic E-state index is 0.705. The Balaban J connectivity index is 2.35. The second-order valence-corrected chi connectivity index (χ2v) is 3.23. The van der Waals surface area contributed by atoms with Crippen LogP contribution < -0.4 is 0 Å². The summed E-state index contributed by atoms with van der Waals surface area (Å²) in [5.74, 6) is 0. The minimum Gasteiger partial charge on any atom is -0.300 e. The van der Waals surface area contributed by atoms with Crippen molar-refractivity contribution in [2.24, 2.45) is 0 Å². The van der Waals surface area contributed by atoms with Crippen molar-refractivity contribution < 1.29 is 4.84 Å². The van der Waals surface area contributed by atoms with E-state index < -0.39 is 0 Å². The Morgan fingerprint density at radius 3 is 2.00 bits per heavy atom. The van der Waals surface area contributed by atoms with Gasteiger partial charge in [-0.2, -0.15) is 5.06 Å². The summed E-state index contributed by atoms with van der Waals surface area (Å²) in [6, 6.07) is 0. The Hall–Kier alpha value is 0.540. The summed E-state index contributed by atoms with van der Waals surface area (Å²) < 4.78 is 3.61. The highest BCUT2D eigenvalue weighted by molar-refractivity contribution is 7.78. The minimum absolute atomic E-state index is 0.705. The van der Waals surface area contributed by atoms with Crippen molar-refractivity contribution in [1.29, 1.82) is 0 Å². The van der Waals surface area contributed by atoms with E-state index in [0.717, 1.165) is 6.67 Å². The number of hydrogen-bond donors (Lipinski definition) is 2. The SMILES string of the molecule is CON1CN(S)CN(S)C1. The van der Waals surface area contributed by atoms with E-state index >= 15 is 0 Å². The standard InChI is InChI=1S/C4H11N3OS2/c1-8-5-2-6(9)4-7(10)3-5/h9-10H,2-4H2,1H3. The van der Waals surface area contributed by atoms with Crippen LogP contribution in [-0.4, -0.2) is 40.8 Å². The molecule has 10 heavy (non-hydrogen) atoms. The Labute approximate surface area is 71.8 Å². The van der Waals surface area contributed by atoms with Gasteiger partial charge in [-0.1, -0.05) is 25.6 Å². The Kier molecular flexibility index (Phi) is 3.28. The van der Waals surface area contributed by atoms with Crippen LogP contribution in [-0.2, 0) is 4.84 Å². The molecule has 0 saturated carbocycles. The van der Waals surface area contributed by atoms with Crippen LogP contribution >= 0.6 is 25.6 Å². The van der Waals surface area contributed by atoms with E-state index in [0.29, 0.717) is 13.3 Å². The molecule has 0 N–H and O–H groups in total. The lowest BCUT2D eigenvalue weighted by atomic mass is 10.7. The molecule has 4 nitrogen and oxygen atoms in total. The van der Waals surface area contributed by atoms with Gasteiger partial charge in [0.2, 0.25) is 0 Å². The lowest BCUT2D eigenvalue weighted by Gasteiger charge is -2.35. The van der Waals surface area contributed by atoms with Gasteiger partial charge in [0.05, 0.1) is 27.1 Å². The quantitative estimate of drug-likeness (QED) is 0.556. The molecule has 1 aliphatic rings. The van der Waals surface area contributed by atoms with Gasteiger partial charge in [0.15, 0.2) is 0 Å². The molecule has 6 heteroatoms. The maximum atomic E-state index is 4.98. The van der Waals surface area contributed by atoms with E-state index in [2.05, 4.69) is 25.6 Å². The third kappa shape index (κ3) is 2.30. The van der Waals surface area contributed by atoms with E-state index in [9.17, 15) is 0 Å². The van der Waals surface area contributed by atoms with E-state index in [1.165, 1.54) is 0 Å². The summed E-state index contributed by atoms with van der Waals surface area (Å²) in [6.07, 6.45) is 0. The van der Waals surface area contributed by atoms with Gasteiger partial charge in [0.1, 0.15) is 0 Å². The zero-order chi connectivity index (χ0) is 7.56. The van der Waals surface area contributed by atoms with Crippen LogP contribution in [0.4, 0.5) is 0 Å². The van der Waals surface area contributed by atoms with Gasteiger partial charge < -0.3 is 0 Å². The van der Waals surface area contributed by atoms with Crippen molar-refractivity contribution in [2.45, 2.75) is 0 Å². The molecule has 0 aliphatic carbocycles. The molecule has 0 aromatic rings. The van der Waals surface area contributed by atoms with Gasteiger partial charge in [-0.3, -0.25) is 4.84 Å². The van der Waals surface area contributed by atoms with Crippen LogP contribution in [0.1, 0.15) is 0 Å². The number of thiol groups is 2. The second-order valence-electron chi connectivity index (χ2n) is 2.10. The first-order valence-electron chi connectivity index (χ1n) is 2.89. The fraction of sp³-hybridized carbons (Fsp3) is 1.00. The van der Waals surface area contributed by atoms with E-state index in [1.54, 1.807) is 20.8 Å². The molecule has 0 amide bonds. The van der Waals surface area contributed by atoms with Crippen LogP contribution in [0.3, 0.4) is 0 Å². The fourth-order valence-electron chi connectivity index (χ4n) is 0.802. The molecule has 0 aromatic heterocycles. The molecule has 1 rings (SSSR count). The van der Waals surface area contributed by atoms with Crippen molar-refractivity contribution in [1.82, 2.24) is 13.7 Å². The van der Waals surface area contributed by atoms with Crippen molar-refractivity contribution in [3.8, 4) is 0 Å². The Bertz CT molecular complexity index is 105. The highest BCUT2D eigenvalue weighted by atomic mass is 32.1. The van der Waals surface area contributed by atoms with Crippen LogP contribution in [0, 0.1) is 0 Å². The molecule has 0 aromatic carbocycles. The molecule has 0 atom stereocenters. The summed E-state index contributed by atoms with van der Waals surface area (Å²) in [5, 5.41) is 1.75. The van der Waals surface area contributed by atoms with Crippen LogP contribution in [0.25, 0.3) is 0 Å². The summed E-state index contributed by atoms with van der Waals surface area (Å²) in [5.41, 5.74) is 0. The zero-order valence-corrected chi connectivity index (χ0v) is 7.55. The van der Waals surface area contributed by atoms with Crippen LogP contribution in [0.5, 0.6) is 0 Å². The van der Waals surface area contributed by atoms with Gasteiger partial charge >= 0.3 is 0 Å². The first-order chi connectivity index (χ1) is 4.72. The molecule has 0 unspecified atom stereocenters. The predicted molar refractivity (Wildman–Crippen MR) is 45.1 cm³/mol.